The minimum absolute atomic E-state index is 0.380. The highest BCUT2D eigenvalue weighted by Crippen LogP contribution is 2.14. The molecule has 0 radical (unpaired) electrons. The van der Waals surface area contributed by atoms with Gasteiger partial charge in [-0.3, -0.25) is 0 Å². The summed E-state index contributed by atoms with van der Waals surface area (Å²) in [6.07, 6.45) is 5.04. The summed E-state index contributed by atoms with van der Waals surface area (Å²) in [6.45, 7) is 5.36. The first-order chi connectivity index (χ1) is 9.29. The lowest BCUT2D eigenvalue weighted by molar-refractivity contribution is 0.486. The Labute approximate surface area is 115 Å². The standard InChI is InChI=1S/C17H23NO/c1-3-5-15-7-9-16(10-8-15)14(2)18-12-11-17-6-4-13-19-17/h4,6-10,13-14,18H,3,5,11-12H2,1-2H3. The van der Waals surface area contributed by atoms with Crippen LogP contribution in [0.1, 0.15) is 43.2 Å². The van der Waals surface area contributed by atoms with Gasteiger partial charge in [-0.25, -0.2) is 0 Å². The van der Waals surface area contributed by atoms with Gasteiger partial charge in [-0.05, 0) is 36.6 Å². The third-order valence-electron chi connectivity index (χ3n) is 3.42. The molecule has 0 aliphatic rings. The van der Waals surface area contributed by atoms with Crippen molar-refractivity contribution in [1.82, 2.24) is 5.32 Å². The summed E-state index contributed by atoms with van der Waals surface area (Å²) >= 11 is 0. The van der Waals surface area contributed by atoms with E-state index in [0.29, 0.717) is 6.04 Å². The first kappa shape index (κ1) is 13.9. The van der Waals surface area contributed by atoms with Crippen LogP contribution in [0.5, 0.6) is 0 Å². The largest absolute Gasteiger partial charge is 0.469 e. The summed E-state index contributed by atoms with van der Waals surface area (Å²) in [5.74, 6) is 1.04. The van der Waals surface area contributed by atoms with Crippen molar-refractivity contribution in [1.29, 1.82) is 0 Å². The van der Waals surface area contributed by atoms with Crippen LogP contribution < -0.4 is 5.32 Å². The van der Waals surface area contributed by atoms with Crippen LogP contribution in [0.4, 0.5) is 0 Å². The molecule has 19 heavy (non-hydrogen) atoms. The number of nitrogens with one attached hydrogen (secondary N) is 1. The van der Waals surface area contributed by atoms with Crippen molar-refractivity contribution in [3.05, 3.63) is 59.5 Å². The smallest absolute Gasteiger partial charge is 0.105 e. The first-order valence-electron chi connectivity index (χ1n) is 7.14. The molecule has 102 valence electrons. The Balaban J connectivity index is 1.80. The molecule has 2 rings (SSSR count). The summed E-state index contributed by atoms with van der Waals surface area (Å²) in [5, 5.41) is 3.53. The lowest BCUT2D eigenvalue weighted by Gasteiger charge is -2.14. The molecule has 0 aliphatic carbocycles. The SMILES string of the molecule is CCCc1ccc(C(C)NCCc2ccco2)cc1. The van der Waals surface area contributed by atoms with Gasteiger partial charge in [0.2, 0.25) is 0 Å². The summed E-state index contributed by atoms with van der Waals surface area (Å²) in [6, 6.07) is 13.3. The lowest BCUT2D eigenvalue weighted by atomic mass is 10.0. The number of rotatable bonds is 7. The Bertz CT molecular complexity index is 459. The fourth-order valence-electron chi connectivity index (χ4n) is 2.25. The Morgan fingerprint density at radius 3 is 2.53 bits per heavy atom. The topological polar surface area (TPSA) is 25.2 Å². The normalized spacial score (nSPS) is 12.5. The number of benzene rings is 1. The summed E-state index contributed by atoms with van der Waals surface area (Å²) in [4.78, 5) is 0. The Hall–Kier alpha value is -1.54. The van der Waals surface area contributed by atoms with E-state index >= 15 is 0 Å². The molecule has 1 N–H and O–H groups in total. The molecule has 1 aromatic carbocycles. The van der Waals surface area contributed by atoms with E-state index in [1.165, 1.54) is 24.0 Å². The average Bonchev–Trinajstić information content (AvgIpc) is 2.93. The maximum absolute atomic E-state index is 5.32. The van der Waals surface area contributed by atoms with Crippen LogP contribution in [0.15, 0.2) is 47.1 Å². The van der Waals surface area contributed by atoms with E-state index in [-0.39, 0.29) is 0 Å². The first-order valence-corrected chi connectivity index (χ1v) is 7.14. The minimum atomic E-state index is 0.380. The Kier molecular flexibility index (Phi) is 5.22. The Morgan fingerprint density at radius 2 is 1.89 bits per heavy atom. The number of aryl methyl sites for hydroxylation is 1. The van der Waals surface area contributed by atoms with Gasteiger partial charge in [-0.2, -0.15) is 0 Å². The fraction of sp³-hybridized carbons (Fsp3) is 0.412. The fourth-order valence-corrected chi connectivity index (χ4v) is 2.25. The molecule has 0 bridgehead atoms. The van der Waals surface area contributed by atoms with Crippen LogP contribution in [-0.4, -0.2) is 6.54 Å². The molecular formula is C17H23NO. The molecule has 0 fully saturated rings. The van der Waals surface area contributed by atoms with Crippen molar-refractivity contribution in [2.24, 2.45) is 0 Å². The molecule has 1 atom stereocenters. The van der Waals surface area contributed by atoms with Crippen LogP contribution in [0.3, 0.4) is 0 Å². The highest BCUT2D eigenvalue weighted by molar-refractivity contribution is 5.24. The van der Waals surface area contributed by atoms with Gasteiger partial charge in [-0.1, -0.05) is 37.6 Å². The second-order valence-corrected chi connectivity index (χ2v) is 5.00. The molecule has 2 nitrogen and oxygen atoms in total. The third kappa shape index (κ3) is 4.25. The quantitative estimate of drug-likeness (QED) is 0.807. The molecule has 0 saturated heterocycles. The molecule has 1 unspecified atom stereocenters. The van der Waals surface area contributed by atoms with Gasteiger partial charge in [0.15, 0.2) is 0 Å². The van der Waals surface area contributed by atoms with Crippen molar-refractivity contribution in [3.8, 4) is 0 Å². The van der Waals surface area contributed by atoms with Crippen LogP contribution in [0.25, 0.3) is 0 Å². The van der Waals surface area contributed by atoms with Crippen LogP contribution in [0.2, 0.25) is 0 Å². The number of hydrogen-bond donors (Lipinski definition) is 1. The van der Waals surface area contributed by atoms with E-state index < -0.39 is 0 Å². The second-order valence-electron chi connectivity index (χ2n) is 5.00. The molecule has 2 heteroatoms. The number of hydrogen-bond acceptors (Lipinski definition) is 2. The maximum atomic E-state index is 5.32. The van der Waals surface area contributed by atoms with Crippen molar-refractivity contribution in [2.45, 2.75) is 39.2 Å². The molecule has 0 aliphatic heterocycles. The van der Waals surface area contributed by atoms with E-state index in [1.807, 2.05) is 12.1 Å². The molecule has 2 aromatic rings. The van der Waals surface area contributed by atoms with Crippen molar-refractivity contribution >= 4 is 0 Å². The monoisotopic (exact) mass is 257 g/mol. The van der Waals surface area contributed by atoms with Crippen molar-refractivity contribution in [3.63, 3.8) is 0 Å². The highest BCUT2D eigenvalue weighted by Gasteiger charge is 2.05. The summed E-state index contributed by atoms with van der Waals surface area (Å²) < 4.78 is 5.32. The zero-order valence-corrected chi connectivity index (χ0v) is 11.9. The van der Waals surface area contributed by atoms with Gasteiger partial charge in [0.25, 0.3) is 0 Å². The minimum Gasteiger partial charge on any atom is -0.469 e. The van der Waals surface area contributed by atoms with Gasteiger partial charge in [0.1, 0.15) is 5.76 Å². The zero-order valence-electron chi connectivity index (χ0n) is 11.9. The van der Waals surface area contributed by atoms with Crippen molar-refractivity contribution < 1.29 is 4.42 Å². The van der Waals surface area contributed by atoms with E-state index in [0.717, 1.165) is 18.7 Å². The van der Waals surface area contributed by atoms with E-state index in [1.54, 1.807) is 6.26 Å². The third-order valence-corrected chi connectivity index (χ3v) is 3.42. The summed E-state index contributed by atoms with van der Waals surface area (Å²) in [5.41, 5.74) is 2.77. The maximum Gasteiger partial charge on any atom is 0.105 e. The average molecular weight is 257 g/mol. The Morgan fingerprint density at radius 1 is 1.11 bits per heavy atom. The molecule has 0 spiro atoms. The highest BCUT2D eigenvalue weighted by atomic mass is 16.3. The molecular weight excluding hydrogens is 234 g/mol. The van der Waals surface area contributed by atoms with Gasteiger partial charge in [-0.15, -0.1) is 0 Å². The lowest BCUT2D eigenvalue weighted by Crippen LogP contribution is -2.21. The van der Waals surface area contributed by atoms with Crippen LogP contribution in [0, 0.1) is 0 Å². The van der Waals surface area contributed by atoms with Gasteiger partial charge in [0.05, 0.1) is 6.26 Å². The van der Waals surface area contributed by atoms with E-state index in [4.69, 9.17) is 4.42 Å². The second kappa shape index (κ2) is 7.15. The molecule has 1 aromatic heterocycles. The van der Waals surface area contributed by atoms with Gasteiger partial charge < -0.3 is 9.73 Å². The van der Waals surface area contributed by atoms with Gasteiger partial charge >= 0.3 is 0 Å². The van der Waals surface area contributed by atoms with Crippen molar-refractivity contribution in [2.75, 3.05) is 6.54 Å². The predicted octanol–water partition coefficient (Wildman–Crippen LogP) is 4.13. The molecule has 0 saturated carbocycles. The van der Waals surface area contributed by atoms with E-state index in [9.17, 15) is 0 Å². The number of furan rings is 1. The van der Waals surface area contributed by atoms with Crippen LogP contribution in [-0.2, 0) is 12.8 Å². The molecule has 0 amide bonds. The molecule has 1 heterocycles. The van der Waals surface area contributed by atoms with Gasteiger partial charge in [0, 0.05) is 19.0 Å². The summed E-state index contributed by atoms with van der Waals surface area (Å²) in [7, 11) is 0. The predicted molar refractivity (Wildman–Crippen MR) is 79.3 cm³/mol. The van der Waals surface area contributed by atoms with E-state index in [2.05, 4.69) is 43.4 Å². The van der Waals surface area contributed by atoms with Crippen LogP contribution >= 0.6 is 0 Å². The zero-order chi connectivity index (χ0) is 13.5.